The van der Waals surface area contributed by atoms with Gasteiger partial charge in [0.2, 0.25) is 8.03 Å². The van der Waals surface area contributed by atoms with Crippen molar-refractivity contribution in [3.63, 3.8) is 0 Å². The molecule has 4 rings (SSSR count). The molecule has 162 valence electrons. The van der Waals surface area contributed by atoms with Crippen LogP contribution in [0.5, 0.6) is 0 Å². The molecule has 0 fully saturated rings. The van der Waals surface area contributed by atoms with Crippen LogP contribution in [0.4, 0.5) is 11.4 Å². The lowest BCUT2D eigenvalue weighted by atomic mass is 10.1. The van der Waals surface area contributed by atoms with E-state index in [2.05, 4.69) is 5.32 Å². The predicted molar refractivity (Wildman–Crippen MR) is 133 cm³/mol. The highest BCUT2D eigenvalue weighted by atomic mass is 32.1. The van der Waals surface area contributed by atoms with Crippen LogP contribution in [0.3, 0.4) is 0 Å². The first-order chi connectivity index (χ1) is 15.5. The number of hydrogen-bond donors (Lipinski definition) is 2. The molecule has 2 unspecified atom stereocenters. The lowest BCUT2D eigenvalue weighted by molar-refractivity contribution is 0.102. The minimum absolute atomic E-state index is 0.273. The predicted octanol–water partition coefficient (Wildman–Crippen LogP) is 6.13. The molecule has 0 aliphatic rings. The Morgan fingerprint density at radius 2 is 1.81 bits per heavy atom. The summed E-state index contributed by atoms with van der Waals surface area (Å²) in [4.78, 5) is 14.0. The fraction of sp³-hybridized carbons (Fsp3) is 0.0800. The maximum atomic E-state index is 12.9. The molecule has 5 nitrogen and oxygen atoms in total. The molecular formula is C25H23N2O3PS. The average Bonchev–Trinajstić information content (AvgIpc) is 3.36. The molecule has 32 heavy (non-hydrogen) atoms. The summed E-state index contributed by atoms with van der Waals surface area (Å²) in [6.45, 7) is 1.82. The summed E-state index contributed by atoms with van der Waals surface area (Å²) in [5.74, 6) is -0.273. The van der Waals surface area contributed by atoms with Crippen LogP contribution in [-0.2, 0) is 9.09 Å². The fourth-order valence-corrected chi connectivity index (χ4v) is 5.04. The molecule has 4 aromatic rings. The van der Waals surface area contributed by atoms with E-state index in [1.807, 2.05) is 60.8 Å². The van der Waals surface area contributed by atoms with E-state index in [0.717, 1.165) is 16.0 Å². The van der Waals surface area contributed by atoms with Crippen LogP contribution in [0.2, 0.25) is 0 Å². The molecule has 0 aliphatic heterocycles. The van der Waals surface area contributed by atoms with E-state index >= 15 is 0 Å². The summed E-state index contributed by atoms with van der Waals surface area (Å²) in [5, 5.41) is 5.58. The van der Waals surface area contributed by atoms with Gasteiger partial charge >= 0.3 is 0 Å². The van der Waals surface area contributed by atoms with Gasteiger partial charge in [-0.3, -0.25) is 9.36 Å². The van der Waals surface area contributed by atoms with Gasteiger partial charge in [0.25, 0.3) is 5.91 Å². The van der Waals surface area contributed by atoms with Crippen LogP contribution in [0.1, 0.15) is 28.9 Å². The van der Waals surface area contributed by atoms with Gasteiger partial charge in [-0.05, 0) is 65.9 Å². The number of amides is 1. The summed E-state index contributed by atoms with van der Waals surface area (Å²) in [6.07, 6.45) is -0.429. The van der Waals surface area contributed by atoms with Gasteiger partial charge in [-0.25, -0.2) is 0 Å². The van der Waals surface area contributed by atoms with E-state index in [4.69, 9.17) is 10.3 Å². The van der Waals surface area contributed by atoms with Crippen molar-refractivity contribution in [2.75, 3.05) is 11.1 Å². The Kier molecular flexibility index (Phi) is 6.86. The summed E-state index contributed by atoms with van der Waals surface area (Å²) in [6, 6.07) is 25.8. The zero-order valence-electron chi connectivity index (χ0n) is 17.4. The van der Waals surface area contributed by atoms with Crippen molar-refractivity contribution >= 4 is 42.0 Å². The van der Waals surface area contributed by atoms with Crippen molar-refractivity contribution in [1.29, 1.82) is 0 Å². The van der Waals surface area contributed by atoms with Gasteiger partial charge in [0, 0.05) is 15.7 Å². The number of carbonyl (C=O) groups excluding carboxylic acids is 1. The Labute approximate surface area is 191 Å². The van der Waals surface area contributed by atoms with Crippen LogP contribution in [-0.4, -0.2) is 5.91 Å². The zero-order chi connectivity index (χ0) is 22.5. The quantitative estimate of drug-likeness (QED) is 0.256. The van der Waals surface area contributed by atoms with Crippen LogP contribution >= 0.6 is 19.4 Å². The molecule has 0 radical (unpaired) electrons. The number of anilines is 2. The van der Waals surface area contributed by atoms with Crippen molar-refractivity contribution in [3.8, 4) is 10.4 Å². The van der Waals surface area contributed by atoms with E-state index < -0.39 is 14.1 Å². The van der Waals surface area contributed by atoms with Crippen LogP contribution in [0, 0.1) is 0 Å². The summed E-state index contributed by atoms with van der Waals surface area (Å²) >= 11 is 1.62. The van der Waals surface area contributed by atoms with Crippen molar-refractivity contribution in [1.82, 2.24) is 0 Å². The summed E-state index contributed by atoms with van der Waals surface area (Å²) in [5.41, 5.74) is 9.38. The molecule has 1 amide bonds. The maximum absolute atomic E-state index is 12.9. The second-order valence-corrected chi connectivity index (χ2v) is 9.61. The standard InChI is InChI=1S/C25H23N2O3PS/c1-17(30-31(29)21-9-3-2-4-10-21)18-7-5-8-20(15-18)25(28)27-23-16-19(12-13-22(23)26)24-11-6-14-32-24/h2-17,31H,26H2,1H3,(H,27,28). The highest BCUT2D eigenvalue weighted by Crippen LogP contribution is 2.32. The molecule has 2 atom stereocenters. The number of nitrogen functional groups attached to an aromatic ring is 1. The number of thiophene rings is 1. The van der Waals surface area contributed by atoms with Crippen molar-refractivity contribution < 1.29 is 13.9 Å². The number of nitrogens with two attached hydrogens (primary N) is 1. The molecule has 7 heteroatoms. The highest BCUT2D eigenvalue weighted by molar-refractivity contribution is 7.48. The molecular weight excluding hydrogens is 439 g/mol. The Morgan fingerprint density at radius 1 is 1.00 bits per heavy atom. The third kappa shape index (κ3) is 5.17. The van der Waals surface area contributed by atoms with Gasteiger partial charge in [0.1, 0.15) is 0 Å². The van der Waals surface area contributed by atoms with Crippen molar-refractivity contribution in [3.05, 3.63) is 101 Å². The van der Waals surface area contributed by atoms with E-state index in [-0.39, 0.29) is 5.91 Å². The third-order valence-electron chi connectivity index (χ3n) is 5.02. The smallest absolute Gasteiger partial charge is 0.255 e. The Balaban J connectivity index is 1.49. The second kappa shape index (κ2) is 9.96. The van der Waals surface area contributed by atoms with Crippen molar-refractivity contribution in [2.24, 2.45) is 0 Å². The lowest BCUT2D eigenvalue weighted by Gasteiger charge is -2.15. The number of rotatable bonds is 7. The molecule has 0 saturated carbocycles. The molecule has 0 saturated heterocycles. The SMILES string of the molecule is CC(O[PH](=O)c1ccccc1)c1cccc(C(=O)Nc2cc(-c3cccs3)ccc2N)c1. The number of carbonyl (C=O) groups is 1. The van der Waals surface area contributed by atoms with E-state index in [9.17, 15) is 9.36 Å². The minimum atomic E-state index is -2.39. The Bertz CT molecular complexity index is 1240. The van der Waals surface area contributed by atoms with Gasteiger partial charge in [0.05, 0.1) is 17.5 Å². The summed E-state index contributed by atoms with van der Waals surface area (Å²) < 4.78 is 18.3. The molecule has 3 aromatic carbocycles. The molecule has 1 heterocycles. The van der Waals surface area contributed by atoms with E-state index in [1.54, 1.807) is 47.7 Å². The first-order valence-corrected chi connectivity index (χ1v) is 12.3. The lowest BCUT2D eigenvalue weighted by Crippen LogP contribution is -2.14. The van der Waals surface area contributed by atoms with Crippen LogP contribution < -0.4 is 16.4 Å². The number of hydrogen-bond acceptors (Lipinski definition) is 5. The number of nitrogens with one attached hydrogen (secondary N) is 1. The monoisotopic (exact) mass is 462 g/mol. The maximum Gasteiger partial charge on any atom is 0.255 e. The van der Waals surface area contributed by atoms with E-state index in [0.29, 0.717) is 22.2 Å². The van der Waals surface area contributed by atoms with Crippen LogP contribution in [0.25, 0.3) is 10.4 Å². The molecule has 0 spiro atoms. The Hall–Kier alpha value is -3.18. The van der Waals surface area contributed by atoms with Gasteiger partial charge in [-0.2, -0.15) is 0 Å². The molecule has 0 aliphatic carbocycles. The number of benzene rings is 3. The molecule has 1 aromatic heterocycles. The van der Waals surface area contributed by atoms with Gasteiger partial charge in [-0.1, -0.05) is 42.5 Å². The van der Waals surface area contributed by atoms with Crippen molar-refractivity contribution in [2.45, 2.75) is 13.0 Å². The third-order valence-corrected chi connectivity index (χ3v) is 7.31. The minimum Gasteiger partial charge on any atom is -0.397 e. The Morgan fingerprint density at radius 3 is 2.56 bits per heavy atom. The summed E-state index contributed by atoms with van der Waals surface area (Å²) in [7, 11) is -2.39. The zero-order valence-corrected chi connectivity index (χ0v) is 19.3. The van der Waals surface area contributed by atoms with Crippen LogP contribution in [0.15, 0.2) is 90.3 Å². The topological polar surface area (TPSA) is 81.4 Å². The second-order valence-electron chi connectivity index (χ2n) is 7.27. The average molecular weight is 463 g/mol. The van der Waals surface area contributed by atoms with Gasteiger partial charge in [-0.15, -0.1) is 11.3 Å². The molecule has 3 N–H and O–H groups in total. The largest absolute Gasteiger partial charge is 0.397 e. The van der Waals surface area contributed by atoms with Gasteiger partial charge < -0.3 is 15.6 Å². The molecule has 0 bridgehead atoms. The van der Waals surface area contributed by atoms with E-state index in [1.165, 1.54) is 0 Å². The first kappa shape index (κ1) is 22.0. The highest BCUT2D eigenvalue weighted by Gasteiger charge is 2.15. The fourth-order valence-electron chi connectivity index (χ4n) is 3.26. The van der Waals surface area contributed by atoms with Gasteiger partial charge in [0.15, 0.2) is 0 Å². The first-order valence-electron chi connectivity index (χ1n) is 10.1. The normalized spacial score (nSPS) is 12.8.